The number of benzene rings is 1. The van der Waals surface area contributed by atoms with Crippen molar-refractivity contribution in [1.82, 2.24) is 4.72 Å². The summed E-state index contributed by atoms with van der Waals surface area (Å²) in [4.78, 5) is 11.4. The summed E-state index contributed by atoms with van der Waals surface area (Å²) in [6.45, 7) is 1.77. The SMILES string of the molecule is C[C@@H](Cc1cccs1)NS(=O)(=O)Cc1ccccc1[N+](=O)[O-]. The lowest BCUT2D eigenvalue weighted by atomic mass is 10.2. The zero-order valence-corrected chi connectivity index (χ0v) is 13.6. The maximum Gasteiger partial charge on any atom is 0.273 e. The van der Waals surface area contributed by atoms with Gasteiger partial charge in [-0.1, -0.05) is 24.3 Å². The zero-order valence-electron chi connectivity index (χ0n) is 11.9. The monoisotopic (exact) mass is 340 g/mol. The predicted octanol–water partition coefficient (Wildman–Crippen LogP) is 2.71. The highest BCUT2D eigenvalue weighted by Crippen LogP contribution is 2.20. The number of para-hydroxylation sites is 1. The molecule has 2 aromatic rings. The topological polar surface area (TPSA) is 89.3 Å². The van der Waals surface area contributed by atoms with Crippen LogP contribution in [0.4, 0.5) is 5.69 Å². The lowest BCUT2D eigenvalue weighted by Gasteiger charge is -2.13. The second-order valence-electron chi connectivity index (χ2n) is 4.95. The van der Waals surface area contributed by atoms with Crippen molar-refractivity contribution in [3.05, 3.63) is 62.3 Å². The second kappa shape index (κ2) is 6.99. The summed E-state index contributed by atoms with van der Waals surface area (Å²) in [6.07, 6.45) is 0.591. The summed E-state index contributed by atoms with van der Waals surface area (Å²) < 4.78 is 26.9. The molecule has 1 heterocycles. The quantitative estimate of drug-likeness (QED) is 0.620. The molecule has 0 fully saturated rings. The molecule has 1 aromatic heterocycles. The highest BCUT2D eigenvalue weighted by atomic mass is 32.2. The number of nitrogens with zero attached hydrogens (tertiary/aromatic N) is 1. The van der Waals surface area contributed by atoms with Crippen molar-refractivity contribution in [3.8, 4) is 0 Å². The third kappa shape index (κ3) is 4.62. The molecule has 0 spiro atoms. The molecule has 6 nitrogen and oxygen atoms in total. The van der Waals surface area contributed by atoms with E-state index in [-0.39, 0.29) is 17.3 Å². The Morgan fingerprint density at radius 1 is 1.27 bits per heavy atom. The van der Waals surface area contributed by atoms with Crippen molar-refractivity contribution in [2.75, 3.05) is 0 Å². The molecule has 118 valence electrons. The van der Waals surface area contributed by atoms with Crippen LogP contribution in [0.3, 0.4) is 0 Å². The van der Waals surface area contributed by atoms with Gasteiger partial charge in [0.15, 0.2) is 0 Å². The van der Waals surface area contributed by atoms with Gasteiger partial charge in [-0.05, 0) is 24.8 Å². The Bertz CT molecular complexity index is 742. The molecule has 0 amide bonds. The first-order chi connectivity index (χ1) is 10.4. The van der Waals surface area contributed by atoms with Crippen LogP contribution in [0.5, 0.6) is 0 Å². The van der Waals surface area contributed by atoms with Crippen LogP contribution < -0.4 is 4.72 Å². The van der Waals surface area contributed by atoms with Gasteiger partial charge in [-0.15, -0.1) is 11.3 Å². The summed E-state index contributed by atoms with van der Waals surface area (Å²) in [5.41, 5.74) is 0.00195. The molecule has 0 unspecified atom stereocenters. The van der Waals surface area contributed by atoms with Gasteiger partial charge in [0.2, 0.25) is 10.0 Å². The van der Waals surface area contributed by atoms with Gasteiger partial charge >= 0.3 is 0 Å². The molecule has 0 aliphatic rings. The Balaban J connectivity index is 2.06. The molecule has 22 heavy (non-hydrogen) atoms. The van der Waals surface area contributed by atoms with E-state index in [4.69, 9.17) is 0 Å². The Kier molecular flexibility index (Phi) is 5.28. The van der Waals surface area contributed by atoms with Gasteiger partial charge in [-0.2, -0.15) is 0 Å². The van der Waals surface area contributed by atoms with E-state index in [1.807, 2.05) is 17.5 Å². The normalized spacial score (nSPS) is 13.0. The maximum atomic E-state index is 12.2. The van der Waals surface area contributed by atoms with Crippen LogP contribution in [0.2, 0.25) is 0 Å². The average Bonchev–Trinajstić information content (AvgIpc) is 2.90. The second-order valence-corrected chi connectivity index (χ2v) is 7.73. The van der Waals surface area contributed by atoms with Crippen LogP contribution in [-0.2, 0) is 22.2 Å². The molecule has 8 heteroatoms. The third-order valence-electron chi connectivity index (χ3n) is 3.00. The third-order valence-corrected chi connectivity index (χ3v) is 5.35. The summed E-state index contributed by atoms with van der Waals surface area (Å²) in [7, 11) is -3.64. The lowest BCUT2D eigenvalue weighted by molar-refractivity contribution is -0.385. The summed E-state index contributed by atoms with van der Waals surface area (Å²) >= 11 is 1.56. The number of sulfonamides is 1. The lowest BCUT2D eigenvalue weighted by Crippen LogP contribution is -2.34. The maximum absolute atomic E-state index is 12.2. The summed E-state index contributed by atoms with van der Waals surface area (Å²) in [6, 6.07) is 9.45. The molecule has 1 aromatic carbocycles. The van der Waals surface area contributed by atoms with E-state index in [2.05, 4.69) is 4.72 Å². The summed E-state index contributed by atoms with van der Waals surface area (Å²) in [5.74, 6) is -0.404. The van der Waals surface area contributed by atoms with E-state index in [0.717, 1.165) is 4.88 Å². The zero-order chi connectivity index (χ0) is 16.2. The van der Waals surface area contributed by atoms with Gasteiger partial charge in [0.05, 0.1) is 10.7 Å². The molecule has 1 N–H and O–H groups in total. The standard InChI is InChI=1S/C14H16N2O4S2/c1-11(9-13-6-4-8-21-13)15-22(19,20)10-12-5-2-3-7-14(12)16(17)18/h2-8,11,15H,9-10H2,1H3/t11-/m0/s1. The fourth-order valence-electron chi connectivity index (χ4n) is 2.14. The number of rotatable bonds is 7. The molecular weight excluding hydrogens is 324 g/mol. The van der Waals surface area contributed by atoms with Gasteiger partial charge in [-0.25, -0.2) is 13.1 Å². The smallest absolute Gasteiger partial charge is 0.258 e. The van der Waals surface area contributed by atoms with E-state index in [1.54, 1.807) is 24.3 Å². The summed E-state index contributed by atoms with van der Waals surface area (Å²) in [5, 5.41) is 12.9. The molecular formula is C14H16N2O4S2. The number of hydrogen-bond donors (Lipinski definition) is 1. The van der Waals surface area contributed by atoms with Gasteiger partial charge in [0.1, 0.15) is 0 Å². The fourth-order valence-corrected chi connectivity index (χ4v) is 4.40. The van der Waals surface area contributed by atoms with E-state index in [1.165, 1.54) is 18.2 Å². The molecule has 1 atom stereocenters. The molecule has 0 radical (unpaired) electrons. The van der Waals surface area contributed by atoms with Gasteiger partial charge in [0, 0.05) is 22.5 Å². The first kappa shape index (κ1) is 16.6. The van der Waals surface area contributed by atoms with E-state index >= 15 is 0 Å². The molecule has 0 aliphatic carbocycles. The molecule has 0 saturated heterocycles. The minimum Gasteiger partial charge on any atom is -0.258 e. The molecule has 0 aliphatic heterocycles. The van der Waals surface area contributed by atoms with Crippen LogP contribution in [-0.4, -0.2) is 19.4 Å². The Labute approximate surface area is 133 Å². The number of thiophene rings is 1. The average molecular weight is 340 g/mol. The molecule has 2 rings (SSSR count). The van der Waals surface area contributed by atoms with E-state index in [0.29, 0.717) is 6.42 Å². The predicted molar refractivity (Wildman–Crippen MR) is 86.3 cm³/mol. The van der Waals surface area contributed by atoms with Crippen LogP contribution >= 0.6 is 11.3 Å². The van der Waals surface area contributed by atoms with Crippen molar-refractivity contribution < 1.29 is 13.3 Å². The van der Waals surface area contributed by atoms with Crippen molar-refractivity contribution in [2.24, 2.45) is 0 Å². The van der Waals surface area contributed by atoms with Crippen molar-refractivity contribution >= 4 is 27.0 Å². The minimum absolute atomic E-state index is 0.182. The van der Waals surface area contributed by atoms with Gasteiger partial charge in [0.25, 0.3) is 5.69 Å². The van der Waals surface area contributed by atoms with Crippen molar-refractivity contribution in [3.63, 3.8) is 0 Å². The highest BCUT2D eigenvalue weighted by molar-refractivity contribution is 7.88. The van der Waals surface area contributed by atoms with Crippen LogP contribution in [0.15, 0.2) is 41.8 Å². The number of hydrogen-bond acceptors (Lipinski definition) is 5. The van der Waals surface area contributed by atoms with E-state index in [9.17, 15) is 18.5 Å². The van der Waals surface area contributed by atoms with Crippen LogP contribution in [0.25, 0.3) is 0 Å². The largest absolute Gasteiger partial charge is 0.273 e. The first-order valence-electron chi connectivity index (χ1n) is 6.62. The highest BCUT2D eigenvalue weighted by Gasteiger charge is 2.21. The van der Waals surface area contributed by atoms with Crippen molar-refractivity contribution in [2.45, 2.75) is 25.1 Å². The van der Waals surface area contributed by atoms with E-state index < -0.39 is 20.7 Å². The first-order valence-corrected chi connectivity index (χ1v) is 9.15. The number of nitrogens with one attached hydrogen (secondary N) is 1. The van der Waals surface area contributed by atoms with Crippen LogP contribution in [0, 0.1) is 10.1 Å². The fraction of sp³-hybridized carbons (Fsp3) is 0.286. The number of nitro benzene ring substituents is 1. The Morgan fingerprint density at radius 3 is 2.64 bits per heavy atom. The van der Waals surface area contributed by atoms with Crippen molar-refractivity contribution in [1.29, 1.82) is 0 Å². The van der Waals surface area contributed by atoms with Crippen LogP contribution in [0.1, 0.15) is 17.4 Å². The molecule has 0 bridgehead atoms. The Hall–Kier alpha value is -1.77. The Morgan fingerprint density at radius 2 is 2.00 bits per heavy atom. The number of nitro groups is 1. The minimum atomic E-state index is -3.64. The van der Waals surface area contributed by atoms with Gasteiger partial charge in [-0.3, -0.25) is 10.1 Å². The molecule has 0 saturated carbocycles. The van der Waals surface area contributed by atoms with Gasteiger partial charge < -0.3 is 0 Å².